The summed E-state index contributed by atoms with van der Waals surface area (Å²) >= 11 is -2.55. The van der Waals surface area contributed by atoms with Crippen molar-refractivity contribution >= 4 is 41.0 Å². The van der Waals surface area contributed by atoms with Crippen molar-refractivity contribution < 1.29 is 0 Å². The molecule has 0 aromatic heterocycles. The van der Waals surface area contributed by atoms with Crippen LogP contribution in [0.15, 0.2) is 60.7 Å². The normalized spacial score (nSPS) is 18.1. The molecule has 17 heavy (non-hydrogen) atoms. The van der Waals surface area contributed by atoms with Crippen LogP contribution in [0.25, 0.3) is 0 Å². The van der Waals surface area contributed by atoms with Gasteiger partial charge in [-0.15, -0.1) is 0 Å². The fourth-order valence-corrected chi connectivity index (χ4v) is 43.1. The second kappa shape index (κ2) is 5.36. The molecule has 1 heterocycles. The van der Waals surface area contributed by atoms with Gasteiger partial charge < -0.3 is 0 Å². The van der Waals surface area contributed by atoms with Crippen LogP contribution >= 0.6 is 16.6 Å². The van der Waals surface area contributed by atoms with Crippen molar-refractivity contribution in [2.24, 2.45) is 0 Å². The standard InChI is InChI=1S/2C6H5.C2H6S2.Pb/c2*1-2-4-6-5-3-1;3-1-2-4;/h2*1-5H;3-4H,1-2H2;/q;;;+2/p-2. The molecule has 0 radical (unpaired) electrons. The van der Waals surface area contributed by atoms with Crippen LogP contribution in [0.4, 0.5) is 0 Å². The molecule has 0 spiro atoms. The Morgan fingerprint density at radius 2 is 1.06 bits per heavy atom. The van der Waals surface area contributed by atoms with E-state index in [1.165, 1.54) is 11.5 Å². The van der Waals surface area contributed by atoms with E-state index < -0.39 is 18.2 Å². The Balaban J connectivity index is 2.11. The average Bonchev–Trinajstić information content (AvgIpc) is 2.91. The summed E-state index contributed by atoms with van der Waals surface area (Å²) < 4.78 is 3.28. The molecule has 0 N–H and O–H groups in total. The third-order valence-corrected chi connectivity index (χ3v) is 42.1. The predicted molar refractivity (Wildman–Crippen MR) is 82.8 cm³/mol. The predicted octanol–water partition coefficient (Wildman–Crippen LogP) is 2.72. The van der Waals surface area contributed by atoms with Gasteiger partial charge in [0.05, 0.1) is 0 Å². The maximum absolute atomic E-state index is 2.55. The number of hydrogen-bond donors (Lipinski definition) is 0. The van der Waals surface area contributed by atoms with Crippen LogP contribution < -0.4 is 6.25 Å². The molecule has 3 rings (SSSR count). The Kier molecular flexibility index (Phi) is 3.82. The van der Waals surface area contributed by atoms with E-state index in [0.717, 1.165) is 0 Å². The van der Waals surface area contributed by atoms with Gasteiger partial charge in [-0.2, -0.15) is 0 Å². The molecule has 0 atom stereocenters. The number of benzene rings is 2. The van der Waals surface area contributed by atoms with Gasteiger partial charge in [-0.25, -0.2) is 0 Å². The Labute approximate surface area is 112 Å². The van der Waals surface area contributed by atoms with Gasteiger partial charge in [-0.05, 0) is 0 Å². The maximum atomic E-state index is 2.35. The Morgan fingerprint density at radius 1 is 0.647 bits per heavy atom. The van der Waals surface area contributed by atoms with Crippen LogP contribution in [0.1, 0.15) is 0 Å². The van der Waals surface area contributed by atoms with Crippen LogP contribution in [-0.2, 0) is 0 Å². The van der Waals surface area contributed by atoms with Crippen LogP contribution in [0.5, 0.6) is 0 Å². The zero-order valence-corrected chi connectivity index (χ0v) is 15.0. The Morgan fingerprint density at radius 3 is 1.47 bits per heavy atom. The first-order chi connectivity index (χ1) is 8.42. The van der Waals surface area contributed by atoms with Gasteiger partial charge in [0.1, 0.15) is 0 Å². The molecule has 0 nitrogen and oxygen atoms in total. The molecule has 1 saturated heterocycles. The van der Waals surface area contributed by atoms with E-state index in [-0.39, 0.29) is 0 Å². The number of rotatable bonds is 2. The molecule has 0 unspecified atom stereocenters. The molecule has 0 aliphatic carbocycles. The molecule has 0 amide bonds. The summed E-state index contributed by atoms with van der Waals surface area (Å²) in [6.45, 7) is 0. The van der Waals surface area contributed by atoms with Crippen molar-refractivity contribution in [2.75, 3.05) is 11.5 Å². The quantitative estimate of drug-likeness (QED) is 0.642. The van der Waals surface area contributed by atoms with Gasteiger partial charge in [0, 0.05) is 0 Å². The van der Waals surface area contributed by atoms with Crippen molar-refractivity contribution in [3.05, 3.63) is 60.7 Å². The van der Waals surface area contributed by atoms with Gasteiger partial charge in [-0.1, -0.05) is 0 Å². The van der Waals surface area contributed by atoms with Crippen molar-refractivity contribution in [2.45, 2.75) is 0 Å². The second-order valence-corrected chi connectivity index (χ2v) is 34.5. The molecular formula is C14H14PbS2. The molecular weight excluding hydrogens is 439 g/mol. The molecule has 2 aromatic rings. The third kappa shape index (κ3) is 2.31. The molecule has 0 saturated carbocycles. The molecule has 1 fully saturated rings. The van der Waals surface area contributed by atoms with Gasteiger partial charge >= 0.3 is 113 Å². The van der Waals surface area contributed by atoms with E-state index in [1.807, 2.05) is 0 Å². The summed E-state index contributed by atoms with van der Waals surface area (Å²) in [5.41, 5.74) is 0. The molecule has 0 bridgehead atoms. The van der Waals surface area contributed by atoms with Gasteiger partial charge in [0.2, 0.25) is 0 Å². The van der Waals surface area contributed by atoms with Crippen molar-refractivity contribution in [3.63, 3.8) is 0 Å². The van der Waals surface area contributed by atoms with Gasteiger partial charge in [0.15, 0.2) is 0 Å². The monoisotopic (exact) mass is 454 g/mol. The molecule has 2 aromatic carbocycles. The summed E-state index contributed by atoms with van der Waals surface area (Å²) in [5, 5.41) is 0. The first-order valence-electron chi connectivity index (χ1n) is 5.81. The zero-order valence-electron chi connectivity index (χ0n) is 9.50. The van der Waals surface area contributed by atoms with Crippen molar-refractivity contribution in [1.29, 1.82) is 0 Å². The van der Waals surface area contributed by atoms with E-state index in [1.54, 1.807) is 6.25 Å². The Hall–Kier alpha value is 0.0621. The summed E-state index contributed by atoms with van der Waals surface area (Å²) in [6.07, 6.45) is 0. The van der Waals surface area contributed by atoms with Crippen molar-refractivity contribution in [3.8, 4) is 0 Å². The molecule has 1 aliphatic heterocycles. The minimum atomic E-state index is -2.55. The Bertz CT molecular complexity index is 437. The molecule has 86 valence electrons. The summed E-state index contributed by atoms with van der Waals surface area (Å²) in [4.78, 5) is 0. The topological polar surface area (TPSA) is 0 Å². The zero-order chi connectivity index (χ0) is 11.6. The first-order valence-corrected chi connectivity index (χ1v) is 21.2. The van der Waals surface area contributed by atoms with E-state index in [4.69, 9.17) is 0 Å². The molecule has 1 aliphatic rings. The average molecular weight is 454 g/mol. The fourth-order valence-electron chi connectivity index (χ4n) is 2.23. The van der Waals surface area contributed by atoms with E-state index in [0.29, 0.717) is 0 Å². The van der Waals surface area contributed by atoms with E-state index >= 15 is 0 Å². The minimum absolute atomic E-state index is 1.33. The van der Waals surface area contributed by atoms with Crippen molar-refractivity contribution in [1.82, 2.24) is 0 Å². The van der Waals surface area contributed by atoms with Crippen LogP contribution in [0.2, 0.25) is 0 Å². The summed E-state index contributed by atoms with van der Waals surface area (Å²) in [5.74, 6) is 2.66. The SMILES string of the molecule is c1cc[c]([Pb]2([c]3ccccc3)[S]CC[S]2)cc1. The summed E-state index contributed by atoms with van der Waals surface area (Å²) in [6, 6.07) is 22.4. The van der Waals surface area contributed by atoms with Crippen LogP contribution in [0, 0.1) is 0 Å². The van der Waals surface area contributed by atoms with E-state index in [9.17, 15) is 0 Å². The first kappa shape index (κ1) is 12.1. The van der Waals surface area contributed by atoms with Gasteiger partial charge in [-0.3, -0.25) is 0 Å². The van der Waals surface area contributed by atoms with Gasteiger partial charge in [0.25, 0.3) is 0 Å². The fraction of sp³-hybridized carbons (Fsp3) is 0.143. The third-order valence-electron chi connectivity index (χ3n) is 3.00. The van der Waals surface area contributed by atoms with Crippen LogP contribution in [0.3, 0.4) is 0 Å². The number of hydrogen-bond acceptors (Lipinski definition) is 2. The molecule has 3 heteroatoms. The second-order valence-electron chi connectivity index (χ2n) is 4.05. The summed E-state index contributed by atoms with van der Waals surface area (Å²) in [7, 11) is 4.56. The van der Waals surface area contributed by atoms with Crippen LogP contribution in [-0.4, -0.2) is 29.7 Å². The van der Waals surface area contributed by atoms with E-state index in [2.05, 4.69) is 77.3 Å².